The van der Waals surface area contributed by atoms with E-state index in [4.69, 9.17) is 0 Å². The van der Waals surface area contributed by atoms with Crippen LogP contribution in [0.4, 0.5) is 29.5 Å². The van der Waals surface area contributed by atoms with Crippen molar-refractivity contribution in [2.24, 2.45) is 0 Å². The zero-order valence-electron chi connectivity index (χ0n) is 14.7. The van der Waals surface area contributed by atoms with Gasteiger partial charge in [0, 0.05) is 43.4 Å². The van der Waals surface area contributed by atoms with Gasteiger partial charge in [0.05, 0.1) is 17.3 Å². The summed E-state index contributed by atoms with van der Waals surface area (Å²) >= 11 is 0. The highest BCUT2D eigenvalue weighted by Gasteiger charge is 2.36. The second kappa shape index (κ2) is 7.02. The predicted octanol–water partition coefficient (Wildman–Crippen LogP) is 3.33. The van der Waals surface area contributed by atoms with E-state index in [1.807, 2.05) is 6.07 Å². The van der Waals surface area contributed by atoms with Gasteiger partial charge in [0.2, 0.25) is 0 Å². The molecule has 1 aromatic carbocycles. The second-order valence-corrected chi connectivity index (χ2v) is 6.45. The van der Waals surface area contributed by atoms with Crippen molar-refractivity contribution in [1.82, 2.24) is 20.1 Å². The summed E-state index contributed by atoms with van der Waals surface area (Å²) in [6.45, 7) is 1.14. The summed E-state index contributed by atoms with van der Waals surface area (Å²) in [5.41, 5.74) is 0.731. The molecule has 146 valence electrons. The van der Waals surface area contributed by atoms with E-state index in [-0.39, 0.29) is 24.9 Å². The van der Waals surface area contributed by atoms with Crippen molar-refractivity contribution in [3.63, 3.8) is 0 Å². The van der Waals surface area contributed by atoms with Crippen molar-refractivity contribution in [1.29, 1.82) is 0 Å². The van der Waals surface area contributed by atoms with Crippen molar-refractivity contribution in [3.8, 4) is 0 Å². The van der Waals surface area contributed by atoms with Crippen LogP contribution < -0.4 is 10.2 Å². The normalized spacial score (nSPS) is 15.1. The van der Waals surface area contributed by atoms with Gasteiger partial charge in [-0.3, -0.25) is 5.10 Å². The van der Waals surface area contributed by atoms with E-state index in [9.17, 15) is 18.0 Å². The lowest BCUT2D eigenvalue weighted by molar-refractivity contribution is -0.137. The SMILES string of the molecule is O=C(Nc1ccc2[nH]ncc2c1)N1CCN(c2ncccc2C(F)(F)F)CC1. The molecule has 3 aromatic rings. The molecule has 1 aliphatic heterocycles. The van der Waals surface area contributed by atoms with E-state index in [1.54, 1.807) is 28.1 Å². The lowest BCUT2D eigenvalue weighted by Gasteiger charge is -2.36. The van der Waals surface area contributed by atoms with Gasteiger partial charge in [0.15, 0.2) is 0 Å². The molecule has 1 fully saturated rings. The van der Waals surface area contributed by atoms with E-state index in [0.717, 1.165) is 17.0 Å². The molecule has 7 nitrogen and oxygen atoms in total. The number of anilines is 2. The molecule has 0 saturated carbocycles. The van der Waals surface area contributed by atoms with Crippen molar-refractivity contribution >= 4 is 28.4 Å². The first-order valence-corrected chi connectivity index (χ1v) is 8.68. The lowest BCUT2D eigenvalue weighted by atomic mass is 10.2. The molecule has 0 unspecified atom stereocenters. The van der Waals surface area contributed by atoms with E-state index in [1.165, 1.54) is 12.3 Å². The maximum Gasteiger partial charge on any atom is 0.419 e. The molecule has 3 heterocycles. The Morgan fingerprint density at radius 1 is 1.14 bits per heavy atom. The molecule has 2 N–H and O–H groups in total. The number of urea groups is 1. The molecule has 0 aliphatic carbocycles. The van der Waals surface area contributed by atoms with E-state index < -0.39 is 11.7 Å². The Labute approximate surface area is 158 Å². The Hall–Kier alpha value is -3.30. The number of aromatic nitrogens is 3. The summed E-state index contributed by atoms with van der Waals surface area (Å²) in [6.07, 6.45) is -1.46. The van der Waals surface area contributed by atoms with E-state index in [0.29, 0.717) is 18.8 Å². The average molecular weight is 390 g/mol. The Morgan fingerprint density at radius 3 is 2.68 bits per heavy atom. The third-order valence-corrected chi connectivity index (χ3v) is 4.65. The number of fused-ring (bicyclic) bond motifs is 1. The highest BCUT2D eigenvalue weighted by atomic mass is 19.4. The monoisotopic (exact) mass is 390 g/mol. The van der Waals surface area contributed by atoms with Gasteiger partial charge in [0.1, 0.15) is 5.82 Å². The number of halogens is 3. The fourth-order valence-electron chi connectivity index (χ4n) is 3.21. The minimum absolute atomic E-state index is 0.0968. The number of benzene rings is 1. The molecule has 10 heteroatoms. The van der Waals surface area contributed by atoms with Crippen LogP contribution in [0.2, 0.25) is 0 Å². The summed E-state index contributed by atoms with van der Waals surface area (Å²) in [5.74, 6) is -0.0968. The molecule has 1 aliphatic rings. The Bertz CT molecular complexity index is 994. The number of rotatable bonds is 2. The van der Waals surface area contributed by atoms with Crippen LogP contribution >= 0.6 is 0 Å². The second-order valence-electron chi connectivity index (χ2n) is 6.45. The standard InChI is InChI=1S/C18H17F3N6O/c19-18(20,21)14-2-1-5-22-16(14)26-6-8-27(9-7-26)17(28)24-13-3-4-15-12(10-13)11-23-25-15/h1-5,10-11H,6-9H2,(H,23,25)(H,24,28). The van der Waals surface area contributed by atoms with Crippen molar-refractivity contribution < 1.29 is 18.0 Å². The molecule has 28 heavy (non-hydrogen) atoms. The molecule has 2 amide bonds. The number of pyridine rings is 1. The summed E-state index contributed by atoms with van der Waals surface area (Å²) in [6, 6.07) is 7.38. The van der Waals surface area contributed by atoms with Crippen LogP contribution in [0.1, 0.15) is 5.56 Å². The van der Waals surface area contributed by atoms with Crippen LogP contribution in [0.3, 0.4) is 0 Å². The maximum atomic E-state index is 13.2. The lowest BCUT2D eigenvalue weighted by Crippen LogP contribution is -2.50. The van der Waals surface area contributed by atoms with Crippen LogP contribution in [0, 0.1) is 0 Å². The van der Waals surface area contributed by atoms with Gasteiger partial charge in [-0.2, -0.15) is 18.3 Å². The number of amides is 2. The van der Waals surface area contributed by atoms with Gasteiger partial charge in [-0.05, 0) is 30.3 Å². The van der Waals surface area contributed by atoms with Crippen LogP contribution in [-0.2, 0) is 6.18 Å². The van der Waals surface area contributed by atoms with Gasteiger partial charge in [-0.15, -0.1) is 0 Å². The topological polar surface area (TPSA) is 77.2 Å². The predicted molar refractivity (Wildman–Crippen MR) is 98.1 cm³/mol. The summed E-state index contributed by atoms with van der Waals surface area (Å²) < 4.78 is 39.6. The molecule has 0 bridgehead atoms. The highest BCUT2D eigenvalue weighted by Crippen LogP contribution is 2.35. The summed E-state index contributed by atoms with van der Waals surface area (Å²) in [7, 11) is 0. The number of nitrogens with zero attached hydrogens (tertiary/aromatic N) is 4. The fraction of sp³-hybridized carbons (Fsp3) is 0.278. The number of aromatic amines is 1. The van der Waals surface area contributed by atoms with Gasteiger partial charge >= 0.3 is 12.2 Å². The van der Waals surface area contributed by atoms with Crippen molar-refractivity contribution in [3.05, 3.63) is 48.3 Å². The number of nitrogens with one attached hydrogen (secondary N) is 2. The number of carbonyl (C=O) groups excluding carboxylic acids is 1. The number of hydrogen-bond donors (Lipinski definition) is 2. The highest BCUT2D eigenvalue weighted by molar-refractivity contribution is 5.92. The third kappa shape index (κ3) is 3.57. The minimum atomic E-state index is -4.47. The molecule has 4 rings (SSSR count). The van der Waals surface area contributed by atoms with Gasteiger partial charge in [-0.1, -0.05) is 0 Å². The zero-order valence-corrected chi connectivity index (χ0v) is 14.7. The third-order valence-electron chi connectivity index (χ3n) is 4.65. The van der Waals surface area contributed by atoms with E-state index >= 15 is 0 Å². The number of piperazine rings is 1. The molecule has 1 saturated heterocycles. The quantitative estimate of drug-likeness (QED) is 0.704. The minimum Gasteiger partial charge on any atom is -0.353 e. The Morgan fingerprint density at radius 2 is 1.93 bits per heavy atom. The number of H-pyrrole nitrogens is 1. The van der Waals surface area contributed by atoms with Crippen LogP contribution in [0.25, 0.3) is 10.9 Å². The summed E-state index contributed by atoms with van der Waals surface area (Å²) in [4.78, 5) is 19.5. The van der Waals surface area contributed by atoms with Crippen molar-refractivity contribution in [2.45, 2.75) is 6.18 Å². The number of carbonyl (C=O) groups is 1. The first kappa shape index (κ1) is 18.1. The number of alkyl halides is 3. The number of hydrogen-bond acceptors (Lipinski definition) is 4. The Balaban J connectivity index is 1.41. The van der Waals surface area contributed by atoms with Gasteiger partial charge < -0.3 is 15.1 Å². The maximum absolute atomic E-state index is 13.2. The molecule has 2 aromatic heterocycles. The Kier molecular flexibility index (Phi) is 4.54. The molecule has 0 spiro atoms. The largest absolute Gasteiger partial charge is 0.419 e. The van der Waals surface area contributed by atoms with Gasteiger partial charge in [-0.25, -0.2) is 9.78 Å². The molecular weight excluding hydrogens is 373 g/mol. The van der Waals surface area contributed by atoms with Gasteiger partial charge in [0.25, 0.3) is 0 Å². The molecule has 0 radical (unpaired) electrons. The summed E-state index contributed by atoms with van der Waals surface area (Å²) in [5, 5.41) is 10.5. The first-order chi connectivity index (χ1) is 13.4. The average Bonchev–Trinajstić information content (AvgIpc) is 3.15. The first-order valence-electron chi connectivity index (χ1n) is 8.68. The molecular formula is C18H17F3N6O. The smallest absolute Gasteiger partial charge is 0.353 e. The molecule has 0 atom stereocenters. The van der Waals surface area contributed by atoms with Crippen LogP contribution in [-0.4, -0.2) is 52.3 Å². The van der Waals surface area contributed by atoms with Crippen LogP contribution in [0.15, 0.2) is 42.7 Å². The fourth-order valence-corrected chi connectivity index (χ4v) is 3.21. The van der Waals surface area contributed by atoms with Crippen molar-refractivity contribution in [2.75, 3.05) is 36.4 Å². The van der Waals surface area contributed by atoms with E-state index in [2.05, 4.69) is 20.5 Å². The van der Waals surface area contributed by atoms with Crippen LogP contribution in [0.5, 0.6) is 0 Å². The zero-order chi connectivity index (χ0) is 19.7.